The fourth-order valence-electron chi connectivity index (χ4n) is 2.15. The number of ether oxygens (including phenoxy) is 1. The zero-order valence-electron chi connectivity index (χ0n) is 10.4. The van der Waals surface area contributed by atoms with Crippen LogP contribution in [-0.4, -0.2) is 16.7 Å². The van der Waals surface area contributed by atoms with Gasteiger partial charge in [-0.3, -0.25) is 0 Å². The summed E-state index contributed by atoms with van der Waals surface area (Å²) in [5.41, 5.74) is 3.18. The van der Waals surface area contributed by atoms with Gasteiger partial charge < -0.3 is 9.30 Å². The highest BCUT2D eigenvalue weighted by atomic mass is 16.5. The van der Waals surface area contributed by atoms with Crippen molar-refractivity contribution in [3.63, 3.8) is 0 Å². The zero-order valence-corrected chi connectivity index (χ0v) is 10.4. The molecule has 0 aliphatic rings. The van der Waals surface area contributed by atoms with Crippen molar-refractivity contribution in [2.75, 3.05) is 7.11 Å². The van der Waals surface area contributed by atoms with E-state index in [1.807, 2.05) is 43.4 Å². The largest absolute Gasteiger partial charge is 0.497 e. The molecule has 0 amide bonds. The third kappa shape index (κ3) is 1.64. The number of methoxy groups -OCH3 is 1. The van der Waals surface area contributed by atoms with E-state index in [1.165, 1.54) is 0 Å². The van der Waals surface area contributed by atoms with E-state index in [2.05, 4.69) is 21.7 Å². The van der Waals surface area contributed by atoms with Gasteiger partial charge in [-0.25, -0.2) is 4.98 Å². The van der Waals surface area contributed by atoms with E-state index < -0.39 is 0 Å². The molecule has 0 unspecified atom stereocenters. The minimum atomic E-state index is 0.834. The van der Waals surface area contributed by atoms with Gasteiger partial charge in [0.25, 0.3) is 0 Å². The van der Waals surface area contributed by atoms with Crippen LogP contribution in [0.4, 0.5) is 0 Å². The number of hydrogen-bond acceptors (Lipinski definition) is 2. The van der Waals surface area contributed by atoms with Gasteiger partial charge in [-0.15, -0.1) is 0 Å². The molecule has 3 heteroatoms. The number of nitrogens with zero attached hydrogens (tertiary/aromatic N) is 2. The van der Waals surface area contributed by atoms with Crippen molar-refractivity contribution in [1.82, 2.24) is 9.55 Å². The molecule has 0 fully saturated rings. The molecular formula is C15H14N2O. The maximum absolute atomic E-state index is 5.23. The van der Waals surface area contributed by atoms with Gasteiger partial charge in [-0.1, -0.05) is 30.3 Å². The Balaban J connectivity index is 2.23. The van der Waals surface area contributed by atoms with Gasteiger partial charge in [-0.2, -0.15) is 0 Å². The topological polar surface area (TPSA) is 27.1 Å². The molecule has 0 saturated heterocycles. The minimum absolute atomic E-state index is 0.834. The molecule has 3 rings (SSSR count). The van der Waals surface area contributed by atoms with Crippen molar-refractivity contribution in [1.29, 1.82) is 0 Å². The van der Waals surface area contributed by atoms with Crippen molar-refractivity contribution in [3.8, 4) is 17.1 Å². The van der Waals surface area contributed by atoms with E-state index in [-0.39, 0.29) is 0 Å². The lowest BCUT2D eigenvalue weighted by molar-refractivity contribution is 0.415. The van der Waals surface area contributed by atoms with Crippen LogP contribution >= 0.6 is 0 Å². The lowest BCUT2D eigenvalue weighted by atomic mass is 10.2. The second kappa shape index (κ2) is 4.18. The Morgan fingerprint density at radius 3 is 2.56 bits per heavy atom. The van der Waals surface area contributed by atoms with E-state index in [0.717, 1.165) is 28.2 Å². The summed E-state index contributed by atoms with van der Waals surface area (Å²) < 4.78 is 7.33. The molecular weight excluding hydrogens is 224 g/mol. The Kier molecular flexibility index (Phi) is 2.52. The summed E-state index contributed by atoms with van der Waals surface area (Å²) >= 11 is 0. The van der Waals surface area contributed by atoms with Gasteiger partial charge in [-0.05, 0) is 12.1 Å². The van der Waals surface area contributed by atoms with Crippen molar-refractivity contribution in [2.24, 2.45) is 7.05 Å². The second-order valence-corrected chi connectivity index (χ2v) is 4.22. The molecule has 0 bridgehead atoms. The van der Waals surface area contributed by atoms with E-state index in [0.29, 0.717) is 0 Å². The number of aryl methyl sites for hydroxylation is 1. The molecule has 0 saturated carbocycles. The van der Waals surface area contributed by atoms with Crippen LogP contribution in [0.3, 0.4) is 0 Å². The van der Waals surface area contributed by atoms with Crippen molar-refractivity contribution in [2.45, 2.75) is 0 Å². The third-order valence-corrected chi connectivity index (χ3v) is 3.12. The first-order chi connectivity index (χ1) is 8.79. The van der Waals surface area contributed by atoms with Crippen LogP contribution in [0.5, 0.6) is 5.75 Å². The van der Waals surface area contributed by atoms with Crippen molar-refractivity contribution < 1.29 is 4.74 Å². The summed E-state index contributed by atoms with van der Waals surface area (Å²) in [5.74, 6) is 1.80. The normalized spacial score (nSPS) is 10.8. The molecule has 0 radical (unpaired) electrons. The lowest BCUT2D eigenvalue weighted by Gasteiger charge is -2.02. The number of imidazole rings is 1. The number of aromatic nitrogens is 2. The highest BCUT2D eigenvalue weighted by Gasteiger charge is 2.09. The Labute approximate surface area is 106 Å². The van der Waals surface area contributed by atoms with Crippen molar-refractivity contribution in [3.05, 3.63) is 48.5 Å². The monoisotopic (exact) mass is 238 g/mol. The van der Waals surface area contributed by atoms with Gasteiger partial charge in [0.15, 0.2) is 0 Å². The predicted octanol–water partition coefficient (Wildman–Crippen LogP) is 3.25. The average molecular weight is 238 g/mol. The molecule has 0 aliphatic carbocycles. The van der Waals surface area contributed by atoms with Gasteiger partial charge in [0.2, 0.25) is 0 Å². The third-order valence-electron chi connectivity index (χ3n) is 3.12. The first-order valence-electron chi connectivity index (χ1n) is 5.85. The van der Waals surface area contributed by atoms with Crippen LogP contribution < -0.4 is 4.74 Å². The molecule has 3 aromatic rings. The van der Waals surface area contributed by atoms with E-state index in [9.17, 15) is 0 Å². The van der Waals surface area contributed by atoms with Gasteiger partial charge in [0.05, 0.1) is 18.1 Å². The average Bonchev–Trinajstić information content (AvgIpc) is 2.76. The standard InChI is InChI=1S/C15H14N2O/c1-17-14-9-8-12(18-2)10-13(14)16-15(17)11-6-4-3-5-7-11/h3-10H,1-2H3. The Hall–Kier alpha value is -2.29. The van der Waals surface area contributed by atoms with Crippen molar-refractivity contribution >= 4 is 11.0 Å². The number of rotatable bonds is 2. The highest BCUT2D eigenvalue weighted by molar-refractivity contribution is 5.81. The van der Waals surface area contributed by atoms with E-state index in [1.54, 1.807) is 7.11 Å². The number of benzene rings is 2. The van der Waals surface area contributed by atoms with E-state index in [4.69, 9.17) is 4.74 Å². The molecule has 2 aromatic carbocycles. The summed E-state index contributed by atoms with van der Waals surface area (Å²) in [6.45, 7) is 0. The van der Waals surface area contributed by atoms with E-state index >= 15 is 0 Å². The summed E-state index contributed by atoms with van der Waals surface area (Å²) in [6, 6.07) is 16.1. The fraction of sp³-hybridized carbons (Fsp3) is 0.133. The maximum Gasteiger partial charge on any atom is 0.140 e. The highest BCUT2D eigenvalue weighted by Crippen LogP contribution is 2.26. The maximum atomic E-state index is 5.23. The van der Waals surface area contributed by atoms with Gasteiger partial charge in [0, 0.05) is 18.7 Å². The van der Waals surface area contributed by atoms with Crippen LogP contribution in [0.2, 0.25) is 0 Å². The first-order valence-corrected chi connectivity index (χ1v) is 5.85. The molecule has 0 N–H and O–H groups in total. The lowest BCUT2D eigenvalue weighted by Crippen LogP contribution is -1.91. The summed E-state index contributed by atoms with van der Waals surface area (Å²) in [6.07, 6.45) is 0. The van der Waals surface area contributed by atoms with Crippen LogP contribution in [0.1, 0.15) is 0 Å². The smallest absolute Gasteiger partial charge is 0.140 e. The second-order valence-electron chi connectivity index (χ2n) is 4.22. The minimum Gasteiger partial charge on any atom is -0.497 e. The zero-order chi connectivity index (χ0) is 12.5. The Bertz CT molecular complexity index is 686. The number of hydrogen-bond donors (Lipinski definition) is 0. The summed E-state index contributed by atoms with van der Waals surface area (Å²) in [5, 5.41) is 0. The van der Waals surface area contributed by atoms with Crippen LogP contribution in [-0.2, 0) is 7.05 Å². The fourth-order valence-corrected chi connectivity index (χ4v) is 2.15. The molecule has 18 heavy (non-hydrogen) atoms. The van der Waals surface area contributed by atoms with Crippen LogP contribution in [0.15, 0.2) is 48.5 Å². The molecule has 1 aromatic heterocycles. The quantitative estimate of drug-likeness (QED) is 0.685. The van der Waals surface area contributed by atoms with Gasteiger partial charge in [0.1, 0.15) is 11.6 Å². The molecule has 0 atom stereocenters. The Morgan fingerprint density at radius 1 is 1.06 bits per heavy atom. The Morgan fingerprint density at radius 2 is 1.83 bits per heavy atom. The SMILES string of the molecule is COc1ccc2c(c1)nc(-c1ccccc1)n2C. The number of fused-ring (bicyclic) bond motifs is 1. The van der Waals surface area contributed by atoms with Crippen LogP contribution in [0.25, 0.3) is 22.4 Å². The molecule has 0 spiro atoms. The molecule has 90 valence electrons. The molecule has 0 aliphatic heterocycles. The van der Waals surface area contributed by atoms with Crippen LogP contribution in [0, 0.1) is 0 Å². The summed E-state index contributed by atoms with van der Waals surface area (Å²) in [7, 11) is 3.70. The molecule has 1 heterocycles. The van der Waals surface area contributed by atoms with Gasteiger partial charge >= 0.3 is 0 Å². The summed E-state index contributed by atoms with van der Waals surface area (Å²) in [4.78, 5) is 4.67. The first kappa shape index (κ1) is 10.8. The predicted molar refractivity (Wildman–Crippen MR) is 72.7 cm³/mol. The molecule has 3 nitrogen and oxygen atoms in total.